The summed E-state index contributed by atoms with van der Waals surface area (Å²) in [5.74, 6) is -0.240. The summed E-state index contributed by atoms with van der Waals surface area (Å²) in [6, 6.07) is 5.45. The lowest BCUT2D eigenvalue weighted by Crippen LogP contribution is -2.36. The molecule has 5 aliphatic rings. The van der Waals surface area contributed by atoms with Crippen molar-refractivity contribution in [1.82, 2.24) is 21.3 Å². The molecule has 1 aromatic rings. The normalized spacial score (nSPS) is 26.7. The number of carbonyl (C=O) groups excluding carboxylic acids is 5. The zero-order chi connectivity index (χ0) is 35.0. The highest BCUT2D eigenvalue weighted by Gasteiger charge is 2.47. The van der Waals surface area contributed by atoms with Gasteiger partial charge in [0.2, 0.25) is 5.91 Å². The zero-order valence-electron chi connectivity index (χ0n) is 27.8. The van der Waals surface area contributed by atoms with Crippen LogP contribution in [-0.4, -0.2) is 98.8 Å². The Morgan fingerprint density at radius 2 is 1.80 bits per heavy atom. The van der Waals surface area contributed by atoms with Crippen LogP contribution >= 0.6 is 11.8 Å². The van der Waals surface area contributed by atoms with Crippen LogP contribution in [0.25, 0.3) is 0 Å². The molecule has 4 heterocycles. The molecule has 5 amide bonds. The van der Waals surface area contributed by atoms with Crippen molar-refractivity contribution in [3.05, 3.63) is 52.8 Å². The van der Waals surface area contributed by atoms with Gasteiger partial charge in [-0.2, -0.15) is 11.8 Å². The second-order valence-electron chi connectivity index (χ2n) is 12.7. The first-order valence-electron chi connectivity index (χ1n) is 17.0. The summed E-state index contributed by atoms with van der Waals surface area (Å²) in [4.78, 5) is 60.2. The van der Waals surface area contributed by atoms with E-state index in [4.69, 9.17) is 23.7 Å². The Balaban J connectivity index is 0.780. The highest BCUT2D eigenvalue weighted by atomic mass is 32.2. The summed E-state index contributed by atoms with van der Waals surface area (Å²) in [6.07, 6.45) is 5.28. The second kappa shape index (κ2) is 16.6. The smallest absolute Gasteiger partial charge is 0.338 e. The van der Waals surface area contributed by atoms with Crippen molar-refractivity contribution in [2.75, 3.05) is 50.6 Å². The Labute approximate surface area is 293 Å². The van der Waals surface area contributed by atoms with E-state index in [2.05, 4.69) is 26.6 Å². The van der Waals surface area contributed by atoms with Crippen molar-refractivity contribution >= 4 is 47.4 Å². The number of urea groups is 2. The van der Waals surface area contributed by atoms with Crippen LogP contribution in [0.5, 0.6) is 0 Å². The van der Waals surface area contributed by atoms with Gasteiger partial charge in [-0.15, -0.1) is 0 Å². The van der Waals surface area contributed by atoms with Gasteiger partial charge >= 0.3 is 24.0 Å². The van der Waals surface area contributed by atoms with Crippen LogP contribution in [0, 0.1) is 5.92 Å². The van der Waals surface area contributed by atoms with E-state index in [0.717, 1.165) is 36.1 Å². The lowest BCUT2D eigenvalue weighted by Gasteiger charge is -2.16. The maximum atomic E-state index is 12.6. The number of thioether (sulfide) groups is 1. The van der Waals surface area contributed by atoms with Gasteiger partial charge in [0.05, 0.1) is 50.3 Å². The van der Waals surface area contributed by atoms with Crippen LogP contribution < -0.4 is 26.6 Å². The molecule has 5 N–H and O–H groups in total. The van der Waals surface area contributed by atoms with E-state index >= 15 is 0 Å². The minimum Gasteiger partial charge on any atom is -0.458 e. The number of carbonyl (C=O) groups is 5. The highest BCUT2D eigenvalue weighted by molar-refractivity contribution is 8.00. The third-order valence-electron chi connectivity index (χ3n) is 9.20. The number of amides is 5. The molecule has 6 rings (SSSR count). The summed E-state index contributed by atoms with van der Waals surface area (Å²) in [5.41, 5.74) is 3.21. The lowest BCUT2D eigenvalue weighted by atomic mass is 9.98. The molecule has 4 aliphatic heterocycles. The number of nitrogens with one attached hydrogen (secondary N) is 5. The fourth-order valence-corrected chi connectivity index (χ4v) is 8.19. The number of hydrogen-bond donors (Lipinski definition) is 5. The molecule has 1 aliphatic carbocycles. The van der Waals surface area contributed by atoms with E-state index in [-0.39, 0.29) is 29.9 Å². The number of benzene rings is 1. The van der Waals surface area contributed by atoms with Crippen LogP contribution in [0.1, 0.15) is 49.8 Å². The van der Waals surface area contributed by atoms with Crippen LogP contribution in [0.3, 0.4) is 0 Å². The number of unbranched alkanes of at least 4 members (excludes halogenated alkanes) is 1. The first-order chi connectivity index (χ1) is 24.2. The van der Waals surface area contributed by atoms with Crippen molar-refractivity contribution in [2.24, 2.45) is 5.92 Å². The van der Waals surface area contributed by atoms with E-state index in [1.54, 1.807) is 25.1 Å². The predicted molar refractivity (Wildman–Crippen MR) is 181 cm³/mol. The Morgan fingerprint density at radius 1 is 1.00 bits per heavy atom. The first-order valence-corrected chi connectivity index (χ1v) is 18.0. The zero-order valence-corrected chi connectivity index (χ0v) is 28.6. The van der Waals surface area contributed by atoms with E-state index in [9.17, 15) is 24.0 Å². The standard InChI is InChI=1S/C34H43N5O10S/c1-19-14-28(48-31(19)41)47-17-24-23-15-20-6-7-21(16-22(20)30(23)49-32(24)42)37-33(43)36-9-11-46-13-12-45-10-8-35-27(40)5-3-2-4-26-29-25(18-50-26)38-34(44)39-29/h6-7,14,16-17,23,25-26,28-30H,2-5,8-13,15,18H2,1H3,(H,35,40)(H2,36,37,43)(H2,38,39,44)/b24-17+/t23-,25+,26+,28-,29+,30-/m1/s1. The van der Waals surface area contributed by atoms with Gasteiger partial charge in [0.1, 0.15) is 6.10 Å². The van der Waals surface area contributed by atoms with Crippen molar-refractivity contribution < 1.29 is 47.7 Å². The quantitative estimate of drug-likeness (QED) is 0.0523. The molecule has 16 heteroatoms. The summed E-state index contributed by atoms with van der Waals surface area (Å²) >= 11 is 1.88. The molecule has 0 bridgehead atoms. The summed E-state index contributed by atoms with van der Waals surface area (Å²) in [7, 11) is 0. The third kappa shape index (κ3) is 8.89. The maximum absolute atomic E-state index is 12.6. The van der Waals surface area contributed by atoms with Gasteiger partial charge in [-0.05, 0) is 49.4 Å². The average molecular weight is 714 g/mol. The fraction of sp³-hybridized carbons (Fsp3) is 0.559. The van der Waals surface area contributed by atoms with Gasteiger partial charge in [0, 0.05) is 53.8 Å². The SMILES string of the molecule is CC1=C[C@H](O/C=C2/C(=O)O[C@@H]3c4cc(NC(=O)NCCOCCOCCNC(=O)CCCC[C@@H]5SC[C@@H]6NC(=O)N[C@@H]65)ccc4C[C@H]23)OC1=O. The molecule has 50 heavy (non-hydrogen) atoms. The minimum absolute atomic E-state index is 0.00341. The van der Waals surface area contributed by atoms with Crippen molar-refractivity contribution in [3.8, 4) is 0 Å². The molecule has 6 atom stereocenters. The Kier molecular flexibility index (Phi) is 11.8. The number of ether oxygens (including phenoxy) is 5. The molecule has 3 saturated heterocycles. The van der Waals surface area contributed by atoms with E-state index in [1.807, 2.05) is 17.8 Å². The topological polar surface area (TPSA) is 192 Å². The Morgan fingerprint density at radius 3 is 2.58 bits per heavy atom. The number of esters is 2. The molecular weight excluding hydrogens is 670 g/mol. The molecule has 0 aromatic heterocycles. The van der Waals surface area contributed by atoms with Crippen molar-refractivity contribution in [2.45, 2.75) is 68.8 Å². The average Bonchev–Trinajstić information content (AvgIpc) is 3.88. The number of fused-ring (bicyclic) bond motifs is 4. The molecule has 0 saturated carbocycles. The molecule has 0 spiro atoms. The van der Waals surface area contributed by atoms with Crippen molar-refractivity contribution in [3.63, 3.8) is 0 Å². The first kappa shape index (κ1) is 35.5. The molecular formula is C34H43N5O10S. The number of anilines is 1. The highest BCUT2D eigenvalue weighted by Crippen LogP contribution is 2.48. The van der Waals surface area contributed by atoms with Crippen molar-refractivity contribution in [1.29, 1.82) is 0 Å². The van der Waals surface area contributed by atoms with Crippen LogP contribution in [0.2, 0.25) is 0 Å². The molecule has 3 fully saturated rings. The van der Waals surface area contributed by atoms with E-state index in [1.165, 1.54) is 6.26 Å². The Bertz CT molecular complexity index is 1540. The minimum atomic E-state index is -0.871. The van der Waals surface area contributed by atoms with Gasteiger partial charge in [0.15, 0.2) is 0 Å². The molecule has 15 nitrogen and oxygen atoms in total. The van der Waals surface area contributed by atoms with Gasteiger partial charge in [-0.25, -0.2) is 19.2 Å². The maximum Gasteiger partial charge on any atom is 0.338 e. The number of hydrogen-bond acceptors (Lipinski definition) is 11. The summed E-state index contributed by atoms with van der Waals surface area (Å²) in [5, 5.41) is 14.8. The van der Waals surface area contributed by atoms with Gasteiger partial charge in [0.25, 0.3) is 6.29 Å². The fourth-order valence-electron chi connectivity index (χ4n) is 6.64. The van der Waals surface area contributed by atoms with Gasteiger partial charge in [-0.1, -0.05) is 12.5 Å². The summed E-state index contributed by atoms with van der Waals surface area (Å²) < 4.78 is 27.3. The van der Waals surface area contributed by atoms with Crippen LogP contribution in [-0.2, 0) is 44.5 Å². The largest absolute Gasteiger partial charge is 0.458 e. The second-order valence-corrected chi connectivity index (χ2v) is 14.0. The van der Waals surface area contributed by atoms with Crippen LogP contribution in [0.15, 0.2) is 41.7 Å². The third-order valence-corrected chi connectivity index (χ3v) is 10.7. The van der Waals surface area contributed by atoms with Crippen LogP contribution in [0.4, 0.5) is 15.3 Å². The predicted octanol–water partition coefficient (Wildman–Crippen LogP) is 2.18. The molecule has 0 radical (unpaired) electrons. The molecule has 0 unspecified atom stereocenters. The van der Waals surface area contributed by atoms with E-state index in [0.29, 0.717) is 74.4 Å². The van der Waals surface area contributed by atoms with E-state index < -0.39 is 30.4 Å². The lowest BCUT2D eigenvalue weighted by molar-refractivity contribution is -0.152. The molecule has 1 aromatic carbocycles. The Hall–Kier alpha value is -4.28. The van der Waals surface area contributed by atoms with Gasteiger partial charge < -0.3 is 50.3 Å². The number of rotatable bonds is 17. The van der Waals surface area contributed by atoms with Gasteiger partial charge in [-0.3, -0.25) is 4.79 Å². The number of cyclic esters (lactones) is 1. The molecule has 270 valence electrons. The summed E-state index contributed by atoms with van der Waals surface area (Å²) in [6.45, 7) is 3.74. The monoisotopic (exact) mass is 713 g/mol.